The minimum atomic E-state index is -0.439. The third kappa shape index (κ3) is 38.0. The Hall–Kier alpha value is -7.85. The molecule has 0 bridgehead atoms. The van der Waals surface area contributed by atoms with E-state index in [1.54, 1.807) is 0 Å². The molecule has 3 saturated heterocycles. The first kappa shape index (κ1) is 87.4. The van der Waals surface area contributed by atoms with Crippen molar-refractivity contribution in [1.29, 1.82) is 0 Å². The zero-order valence-electron chi connectivity index (χ0n) is 65.9. The van der Waals surface area contributed by atoms with Crippen LogP contribution < -0.4 is 33.2 Å². The highest BCUT2D eigenvalue weighted by Gasteiger charge is 2.29. The van der Waals surface area contributed by atoms with Crippen LogP contribution in [0.3, 0.4) is 0 Å². The van der Waals surface area contributed by atoms with E-state index < -0.39 is 5.60 Å². The van der Waals surface area contributed by atoms with E-state index in [0.29, 0.717) is 12.7 Å². The van der Waals surface area contributed by atoms with Gasteiger partial charge in [0.15, 0.2) is 0 Å². The summed E-state index contributed by atoms with van der Waals surface area (Å²) in [5.74, 6) is 8.80. The Balaban J connectivity index is 0.000000181. The van der Waals surface area contributed by atoms with Crippen molar-refractivity contribution >= 4 is 23.1 Å². The molecule has 3 fully saturated rings. The first-order chi connectivity index (χ1) is 53.1. The van der Waals surface area contributed by atoms with Crippen molar-refractivity contribution in [3.8, 4) is 40.2 Å². The molecule has 0 saturated carbocycles. The van der Waals surface area contributed by atoms with Crippen LogP contribution in [0, 0.1) is 0 Å². The maximum absolute atomic E-state index is 10.5. The van der Waals surface area contributed by atoms with Crippen LogP contribution in [0.1, 0.15) is 188 Å². The smallest absolute Gasteiger partial charge is 0.123 e. The maximum Gasteiger partial charge on any atom is 0.123 e. The highest BCUT2D eigenvalue weighted by Crippen LogP contribution is 2.32. The van der Waals surface area contributed by atoms with Crippen molar-refractivity contribution in [2.45, 2.75) is 213 Å². The molecule has 12 nitrogen and oxygen atoms in total. The van der Waals surface area contributed by atoms with Gasteiger partial charge in [0.05, 0.1) is 57.5 Å². The molecule has 1 N–H and O–H groups in total. The Bertz CT molecular complexity index is 3530. The molecule has 108 heavy (non-hydrogen) atoms. The lowest BCUT2D eigenvalue weighted by Crippen LogP contribution is -2.33. The Labute approximate surface area is 657 Å². The predicted octanol–water partition coefficient (Wildman–Crippen LogP) is 22.7. The molecule has 2 unspecified atom stereocenters. The van der Waals surface area contributed by atoms with Gasteiger partial charge in [0.25, 0.3) is 0 Å². The molecule has 6 heterocycles. The van der Waals surface area contributed by atoms with Crippen LogP contribution in [0.15, 0.2) is 212 Å². The van der Waals surface area contributed by atoms with Gasteiger partial charge in [-0.1, -0.05) is 126 Å². The van der Waals surface area contributed by atoms with Crippen LogP contribution in [0.2, 0.25) is 0 Å². The highest BCUT2D eigenvalue weighted by molar-refractivity contribution is 7.99. The number of thioether (sulfide) groups is 1. The molecule has 3 aromatic heterocycles. The SMILES string of the molecule is CCCOc1cccc(CCC2(O)CCSCC2)c1.CCCOc1cccc(CCC2CCCCO2)c1.CCCOc1cccc(CCc2ccccn2)c1.CCCOc1cccc(CCc2cccnc2)c1.CCCOc1cccc(CCc2cccs2)c1.CCCOc1cccc(OCC2CCCCO2)c1. The van der Waals surface area contributed by atoms with E-state index in [-0.39, 0.29) is 6.10 Å². The number of pyridine rings is 2. The minimum absolute atomic E-state index is 0.249. The van der Waals surface area contributed by atoms with Crippen LogP contribution >= 0.6 is 23.1 Å². The molecular weight excluding hydrogens is 1380 g/mol. The molecule has 9 aromatic rings. The third-order valence-electron chi connectivity index (χ3n) is 18.2. The number of rotatable bonds is 36. The Kier molecular flexibility index (Phi) is 44.2. The third-order valence-corrected chi connectivity index (χ3v) is 20.2. The summed E-state index contributed by atoms with van der Waals surface area (Å²) in [4.78, 5) is 9.91. The van der Waals surface area contributed by atoms with Crippen molar-refractivity contribution in [2.75, 3.05) is 71.0 Å². The number of aromatic nitrogens is 2. The number of aryl methyl sites for hydroxylation is 8. The quantitative estimate of drug-likeness (QED) is 0.0400. The zero-order chi connectivity index (χ0) is 76.0. The van der Waals surface area contributed by atoms with Gasteiger partial charge in [-0.3, -0.25) is 9.97 Å². The maximum atomic E-state index is 10.5. The zero-order valence-corrected chi connectivity index (χ0v) is 67.6. The van der Waals surface area contributed by atoms with Gasteiger partial charge in [-0.2, -0.15) is 11.8 Å². The van der Waals surface area contributed by atoms with Crippen LogP contribution in [-0.2, 0) is 60.8 Å². The van der Waals surface area contributed by atoms with E-state index in [2.05, 4.69) is 166 Å². The molecule has 584 valence electrons. The summed E-state index contributed by atoms with van der Waals surface area (Å²) in [6, 6.07) is 64.2. The number of aliphatic hydroxyl groups is 1. The molecule has 0 amide bonds. The number of ether oxygens (including phenoxy) is 9. The summed E-state index contributed by atoms with van der Waals surface area (Å²) < 4.78 is 50.9. The Morgan fingerprint density at radius 3 is 1.26 bits per heavy atom. The molecule has 14 heteroatoms. The van der Waals surface area contributed by atoms with Crippen molar-refractivity contribution in [1.82, 2.24) is 9.97 Å². The van der Waals surface area contributed by atoms with E-state index >= 15 is 0 Å². The summed E-state index contributed by atoms with van der Waals surface area (Å²) in [5, 5.41) is 12.6. The van der Waals surface area contributed by atoms with E-state index in [4.69, 9.17) is 42.6 Å². The van der Waals surface area contributed by atoms with Gasteiger partial charge in [-0.25, -0.2) is 0 Å². The van der Waals surface area contributed by atoms with E-state index in [1.807, 2.05) is 121 Å². The second-order valence-corrected chi connectivity index (χ2v) is 30.0. The normalized spacial score (nSPS) is 14.8. The molecule has 0 spiro atoms. The van der Waals surface area contributed by atoms with Gasteiger partial charge < -0.3 is 47.7 Å². The molecule has 12 rings (SSSR count). The summed E-state index contributed by atoms with van der Waals surface area (Å²) >= 11 is 3.78. The monoisotopic (exact) mass is 1510 g/mol. The number of thiophene rings is 1. The molecule has 6 aromatic carbocycles. The summed E-state index contributed by atoms with van der Waals surface area (Å²) in [7, 11) is 0. The predicted molar refractivity (Wildman–Crippen MR) is 449 cm³/mol. The van der Waals surface area contributed by atoms with E-state index in [0.717, 1.165) is 232 Å². The van der Waals surface area contributed by atoms with Crippen molar-refractivity contribution < 1.29 is 47.7 Å². The molecule has 2 atom stereocenters. The van der Waals surface area contributed by atoms with E-state index in [1.165, 1.54) is 70.4 Å². The lowest BCUT2D eigenvalue weighted by atomic mass is 9.89. The number of benzene rings is 6. The van der Waals surface area contributed by atoms with Crippen LogP contribution in [0.25, 0.3) is 0 Å². The Morgan fingerprint density at radius 2 is 0.824 bits per heavy atom. The Morgan fingerprint density at radius 1 is 0.398 bits per heavy atom. The second-order valence-electron chi connectivity index (χ2n) is 27.7. The van der Waals surface area contributed by atoms with E-state index in [9.17, 15) is 5.11 Å². The summed E-state index contributed by atoms with van der Waals surface area (Å²) in [6.45, 7) is 19.8. The van der Waals surface area contributed by atoms with Gasteiger partial charge in [0.2, 0.25) is 0 Å². The van der Waals surface area contributed by atoms with Gasteiger partial charge in [-0.15, -0.1) is 11.3 Å². The number of hydrogen-bond acceptors (Lipinski definition) is 14. The molecule has 0 aliphatic carbocycles. The van der Waals surface area contributed by atoms with Gasteiger partial charge in [0, 0.05) is 48.4 Å². The fourth-order valence-electron chi connectivity index (χ4n) is 12.2. The van der Waals surface area contributed by atoms with Gasteiger partial charge >= 0.3 is 0 Å². The minimum Gasteiger partial charge on any atom is -0.494 e. The van der Waals surface area contributed by atoms with Gasteiger partial charge in [-0.05, 0) is 301 Å². The topological polar surface area (TPSA) is 129 Å². The highest BCUT2D eigenvalue weighted by atomic mass is 32.2. The molecule has 0 radical (unpaired) electrons. The van der Waals surface area contributed by atoms with Crippen LogP contribution in [-0.4, -0.2) is 104 Å². The van der Waals surface area contributed by atoms with Crippen LogP contribution in [0.4, 0.5) is 0 Å². The average molecular weight is 1510 g/mol. The standard InChI is InChI=1S/2C16H19NO.C16H24O2S.C16H24O2.C15H22O3.C15H18OS/c1-2-11-18-16-7-3-5-14(12-16)8-9-15-6-4-10-17-13-15;1-2-12-18-16-8-5-6-14(13-16)9-10-15-7-3-4-11-17-15;1-2-10-18-15-5-3-4-14(13-15)6-7-16(17)8-11-19-12-9-16;1-2-11-17-16-8-5-6-14(13-16)9-10-15-7-3-4-12-18-15;1-2-9-16-13-7-5-8-14(11-13)18-12-15-6-3-4-10-17-15;1-2-10-16-14-6-3-5-13(12-14)8-9-15-7-4-11-17-15/h3-7,10,12-13H,2,8-9,11H2,1H3;3-8,11,13H,2,9-10,12H2,1H3;3-5,13,17H,2,6-12H2,1H3;5-6,8,13,15H,2-4,7,9-12H2,1H3;5,7-8,11,15H,2-4,6,9-10,12H2,1H3;3-7,11-12H,2,8-10H2,1H3. The van der Waals surface area contributed by atoms with Crippen molar-refractivity contribution in [3.63, 3.8) is 0 Å². The number of nitrogens with zero attached hydrogens (tertiary/aromatic N) is 2. The number of hydrogen-bond donors (Lipinski definition) is 1. The fraction of sp³-hybridized carbons (Fsp3) is 0.468. The lowest BCUT2D eigenvalue weighted by molar-refractivity contribution is -0.0111. The summed E-state index contributed by atoms with van der Waals surface area (Å²) in [5.41, 5.74) is 8.56. The van der Waals surface area contributed by atoms with Gasteiger partial charge in [0.1, 0.15) is 46.9 Å². The first-order valence-electron chi connectivity index (χ1n) is 40.4. The van der Waals surface area contributed by atoms with Crippen molar-refractivity contribution in [3.05, 3.63) is 256 Å². The van der Waals surface area contributed by atoms with Crippen molar-refractivity contribution in [2.24, 2.45) is 0 Å². The lowest BCUT2D eigenvalue weighted by Gasteiger charge is -2.31. The average Bonchev–Trinajstić information content (AvgIpc) is 1.01. The molecule has 3 aliphatic heterocycles. The van der Waals surface area contributed by atoms with Crippen LogP contribution in [0.5, 0.6) is 40.2 Å². The molecule has 3 aliphatic rings. The largest absolute Gasteiger partial charge is 0.494 e. The fourth-order valence-corrected chi connectivity index (χ4v) is 14.1. The first-order valence-corrected chi connectivity index (χ1v) is 42.5. The second kappa shape index (κ2) is 54.7. The summed E-state index contributed by atoms with van der Waals surface area (Å²) in [6.07, 6.45) is 32.0. The molecular formula is C94H126N2O10S2.